The summed E-state index contributed by atoms with van der Waals surface area (Å²) >= 11 is 1.38. The van der Waals surface area contributed by atoms with E-state index in [4.69, 9.17) is 0 Å². The molecule has 2 aromatic heterocycles. The Morgan fingerprint density at radius 3 is 3.12 bits per heavy atom. The second kappa shape index (κ2) is 5.02. The second-order valence-electron chi connectivity index (χ2n) is 3.50. The van der Waals surface area contributed by atoms with Gasteiger partial charge < -0.3 is 5.32 Å². The van der Waals surface area contributed by atoms with Crippen LogP contribution in [-0.4, -0.2) is 24.5 Å². The maximum atomic E-state index is 4.38. The molecule has 86 valence electrons. The van der Waals surface area contributed by atoms with Gasteiger partial charge in [-0.3, -0.25) is 5.10 Å². The zero-order valence-electron chi connectivity index (χ0n) is 9.27. The molecule has 0 aromatic carbocycles. The average molecular weight is 238 g/mol. The lowest BCUT2D eigenvalue weighted by molar-refractivity contribution is 0.790. The van der Waals surface area contributed by atoms with Gasteiger partial charge in [0.2, 0.25) is 5.13 Å². The molecule has 0 aliphatic heterocycles. The van der Waals surface area contributed by atoms with Crippen LogP contribution in [0.2, 0.25) is 0 Å². The highest BCUT2D eigenvalue weighted by molar-refractivity contribution is 7.09. The van der Waals surface area contributed by atoms with Crippen molar-refractivity contribution in [3.63, 3.8) is 0 Å². The lowest BCUT2D eigenvalue weighted by atomic mass is 10.3. The van der Waals surface area contributed by atoms with Crippen LogP contribution in [0.15, 0.2) is 6.33 Å². The van der Waals surface area contributed by atoms with Crippen molar-refractivity contribution in [2.24, 2.45) is 0 Å². The number of nitrogens with zero attached hydrogens (tertiary/aromatic N) is 4. The summed E-state index contributed by atoms with van der Waals surface area (Å²) < 4.78 is 4.26. The van der Waals surface area contributed by atoms with E-state index >= 15 is 0 Å². The van der Waals surface area contributed by atoms with Crippen molar-refractivity contribution in [1.29, 1.82) is 0 Å². The number of hydrogen-bond acceptors (Lipinski definition) is 6. The third kappa shape index (κ3) is 2.54. The predicted molar refractivity (Wildman–Crippen MR) is 62.3 cm³/mol. The van der Waals surface area contributed by atoms with Crippen LogP contribution >= 0.6 is 11.5 Å². The Morgan fingerprint density at radius 2 is 2.44 bits per heavy atom. The van der Waals surface area contributed by atoms with Crippen LogP contribution < -0.4 is 5.32 Å². The summed E-state index contributed by atoms with van der Waals surface area (Å²) in [7, 11) is 0. The molecule has 7 heteroatoms. The number of H-pyrrole nitrogens is 1. The first-order valence-corrected chi connectivity index (χ1v) is 6.01. The molecule has 2 N–H and O–H groups in total. The Labute approximate surface area is 97.7 Å². The normalized spacial score (nSPS) is 12.6. The number of aromatic amines is 1. The van der Waals surface area contributed by atoms with Gasteiger partial charge in [-0.05, 0) is 13.3 Å². The van der Waals surface area contributed by atoms with Crippen molar-refractivity contribution in [3.05, 3.63) is 18.0 Å². The Morgan fingerprint density at radius 1 is 1.56 bits per heavy atom. The molecule has 2 heterocycles. The van der Waals surface area contributed by atoms with Gasteiger partial charge in [0, 0.05) is 18.0 Å². The van der Waals surface area contributed by atoms with Crippen LogP contribution in [0.3, 0.4) is 0 Å². The molecule has 1 unspecified atom stereocenters. The molecule has 0 spiro atoms. The van der Waals surface area contributed by atoms with E-state index in [0.29, 0.717) is 0 Å². The summed E-state index contributed by atoms with van der Waals surface area (Å²) in [5, 5.41) is 10.7. The van der Waals surface area contributed by atoms with Crippen molar-refractivity contribution in [1.82, 2.24) is 24.5 Å². The fraction of sp³-hybridized carbons (Fsp3) is 0.556. The van der Waals surface area contributed by atoms with Gasteiger partial charge in [0.1, 0.15) is 18.0 Å². The van der Waals surface area contributed by atoms with Gasteiger partial charge in [-0.1, -0.05) is 6.92 Å². The highest BCUT2D eigenvalue weighted by Gasteiger charge is 2.10. The van der Waals surface area contributed by atoms with Crippen molar-refractivity contribution in [2.75, 3.05) is 5.32 Å². The maximum Gasteiger partial charge on any atom is 0.203 e. The van der Waals surface area contributed by atoms with Gasteiger partial charge in [-0.2, -0.15) is 9.47 Å². The summed E-state index contributed by atoms with van der Waals surface area (Å²) in [4.78, 5) is 8.47. The van der Waals surface area contributed by atoms with Crippen LogP contribution in [0.1, 0.15) is 38.0 Å². The maximum absolute atomic E-state index is 4.38. The number of aromatic nitrogens is 5. The van der Waals surface area contributed by atoms with Crippen molar-refractivity contribution in [2.45, 2.75) is 32.7 Å². The second-order valence-corrected chi connectivity index (χ2v) is 4.25. The molecule has 0 saturated carbocycles. The summed E-state index contributed by atoms with van der Waals surface area (Å²) in [6, 6.07) is 0.0601. The molecule has 0 bridgehead atoms. The highest BCUT2D eigenvalue weighted by Crippen LogP contribution is 2.18. The number of hydrogen-bond donors (Lipinski definition) is 2. The van der Waals surface area contributed by atoms with Gasteiger partial charge in [0.25, 0.3) is 0 Å². The molecule has 2 aromatic rings. The first-order chi connectivity index (χ1) is 7.79. The Kier molecular flexibility index (Phi) is 3.45. The van der Waals surface area contributed by atoms with Crippen LogP contribution in [0, 0.1) is 0 Å². The lowest BCUT2D eigenvalue weighted by Gasteiger charge is -2.07. The predicted octanol–water partition coefficient (Wildman–Crippen LogP) is 1.78. The summed E-state index contributed by atoms with van der Waals surface area (Å²) in [6.07, 6.45) is 3.48. The summed E-state index contributed by atoms with van der Waals surface area (Å²) in [6.45, 7) is 4.12. The number of aryl methyl sites for hydroxylation is 1. The molecule has 0 radical (unpaired) electrons. The zero-order valence-corrected chi connectivity index (χ0v) is 10.1. The van der Waals surface area contributed by atoms with E-state index in [1.807, 2.05) is 6.92 Å². The molecule has 2 rings (SSSR count). The lowest BCUT2D eigenvalue weighted by Crippen LogP contribution is -2.08. The zero-order chi connectivity index (χ0) is 11.4. The molecule has 0 aliphatic rings. The van der Waals surface area contributed by atoms with Gasteiger partial charge in [0.15, 0.2) is 0 Å². The van der Waals surface area contributed by atoms with Crippen molar-refractivity contribution < 1.29 is 0 Å². The first kappa shape index (κ1) is 11.0. The molecule has 0 amide bonds. The SMILES string of the molecule is CCCc1nsc(NC(C)c2ncn[nH]2)n1. The minimum atomic E-state index is 0.0601. The highest BCUT2D eigenvalue weighted by atomic mass is 32.1. The van der Waals surface area contributed by atoms with Crippen LogP contribution in [0.5, 0.6) is 0 Å². The molecule has 0 aliphatic carbocycles. The minimum absolute atomic E-state index is 0.0601. The Balaban J connectivity index is 1.98. The van der Waals surface area contributed by atoms with Crippen LogP contribution in [0.25, 0.3) is 0 Å². The van der Waals surface area contributed by atoms with Gasteiger partial charge in [0.05, 0.1) is 6.04 Å². The number of anilines is 1. The fourth-order valence-corrected chi connectivity index (χ4v) is 2.01. The summed E-state index contributed by atoms with van der Waals surface area (Å²) in [5.41, 5.74) is 0. The Hall–Kier alpha value is -1.50. The quantitative estimate of drug-likeness (QED) is 0.830. The van der Waals surface area contributed by atoms with E-state index in [1.54, 1.807) is 0 Å². The molecule has 1 atom stereocenters. The largest absolute Gasteiger partial charge is 0.351 e. The molecule has 6 nitrogen and oxygen atoms in total. The van der Waals surface area contributed by atoms with Crippen LogP contribution in [0.4, 0.5) is 5.13 Å². The van der Waals surface area contributed by atoms with E-state index in [0.717, 1.165) is 29.6 Å². The molecule has 0 saturated heterocycles. The fourth-order valence-electron chi connectivity index (χ4n) is 1.31. The summed E-state index contributed by atoms with van der Waals surface area (Å²) in [5.74, 6) is 1.70. The smallest absolute Gasteiger partial charge is 0.203 e. The van der Waals surface area contributed by atoms with E-state index in [9.17, 15) is 0 Å². The van der Waals surface area contributed by atoms with Gasteiger partial charge >= 0.3 is 0 Å². The molecule has 0 fully saturated rings. The third-order valence-electron chi connectivity index (χ3n) is 2.13. The topological polar surface area (TPSA) is 79.4 Å². The van der Waals surface area contributed by atoms with E-state index in [1.165, 1.54) is 17.9 Å². The average Bonchev–Trinajstić information content (AvgIpc) is 2.89. The third-order valence-corrected chi connectivity index (χ3v) is 2.81. The Bertz CT molecular complexity index is 423. The van der Waals surface area contributed by atoms with Gasteiger partial charge in [-0.25, -0.2) is 9.97 Å². The van der Waals surface area contributed by atoms with Crippen molar-refractivity contribution in [3.8, 4) is 0 Å². The van der Waals surface area contributed by atoms with E-state index < -0.39 is 0 Å². The molecule has 16 heavy (non-hydrogen) atoms. The van der Waals surface area contributed by atoms with Crippen LogP contribution in [-0.2, 0) is 6.42 Å². The minimum Gasteiger partial charge on any atom is -0.351 e. The first-order valence-electron chi connectivity index (χ1n) is 5.24. The monoisotopic (exact) mass is 238 g/mol. The van der Waals surface area contributed by atoms with E-state index in [2.05, 4.69) is 36.8 Å². The number of rotatable bonds is 5. The van der Waals surface area contributed by atoms with Crippen molar-refractivity contribution >= 4 is 16.7 Å². The standard InChI is InChI=1S/C9H14N6S/c1-3-4-7-13-9(16-15-7)12-6(2)8-10-5-11-14-8/h5-6H,3-4H2,1-2H3,(H,10,11,14)(H,12,13,15). The molecular weight excluding hydrogens is 224 g/mol. The van der Waals surface area contributed by atoms with E-state index in [-0.39, 0.29) is 6.04 Å². The molecular formula is C9H14N6S. The number of nitrogens with one attached hydrogen (secondary N) is 2. The van der Waals surface area contributed by atoms with Gasteiger partial charge in [-0.15, -0.1) is 0 Å².